The number of aliphatic hydroxyl groups is 1. The zero-order valence-corrected chi connectivity index (χ0v) is 22.7. The van der Waals surface area contributed by atoms with Gasteiger partial charge < -0.3 is 9.84 Å². The van der Waals surface area contributed by atoms with E-state index in [-0.39, 0.29) is 11.3 Å². The molecule has 1 aliphatic rings. The van der Waals surface area contributed by atoms with Crippen LogP contribution in [0.4, 0.5) is 5.13 Å². The molecular formula is C31H30N2O4S. The molecule has 2 heterocycles. The standard InChI is InChI=1S/C31H30N2O4S/c1-18(2)13-14-37-23-12-8-11-22(17-23)27-25(28(34)21-9-6-5-7-10-21)29(35)30(36)33(27)31-32-26-20(4)15-19(3)16-24(26)38-31/h5-12,15-18,27,34H,13-14H2,1-4H3/b28-25+. The number of anilines is 1. The van der Waals surface area contributed by atoms with Gasteiger partial charge in [-0.25, -0.2) is 4.98 Å². The van der Waals surface area contributed by atoms with Crippen LogP contribution >= 0.6 is 11.3 Å². The maximum atomic E-state index is 13.6. The molecule has 1 amide bonds. The summed E-state index contributed by atoms with van der Waals surface area (Å²) < 4.78 is 6.93. The molecule has 194 valence electrons. The summed E-state index contributed by atoms with van der Waals surface area (Å²) in [5.74, 6) is -0.524. The number of hydrogen-bond acceptors (Lipinski definition) is 6. The van der Waals surface area contributed by atoms with Crippen LogP contribution in [0.5, 0.6) is 5.75 Å². The third-order valence-corrected chi connectivity index (χ3v) is 7.66. The molecule has 1 atom stereocenters. The van der Waals surface area contributed by atoms with Crippen LogP contribution in [0.1, 0.15) is 48.6 Å². The summed E-state index contributed by atoms with van der Waals surface area (Å²) in [5, 5.41) is 11.7. The number of carbonyl (C=O) groups excluding carboxylic acids is 2. The fourth-order valence-corrected chi connectivity index (χ4v) is 5.91. The summed E-state index contributed by atoms with van der Waals surface area (Å²) in [5.41, 5.74) is 4.06. The van der Waals surface area contributed by atoms with E-state index in [1.807, 2.05) is 56.3 Å². The fraction of sp³-hybridized carbons (Fsp3) is 0.258. The van der Waals surface area contributed by atoms with Crippen LogP contribution in [-0.4, -0.2) is 28.4 Å². The predicted octanol–water partition coefficient (Wildman–Crippen LogP) is 6.96. The number of thiazole rings is 1. The highest BCUT2D eigenvalue weighted by Gasteiger charge is 2.48. The summed E-state index contributed by atoms with van der Waals surface area (Å²) in [6, 6.07) is 19.4. The first-order valence-corrected chi connectivity index (χ1v) is 13.5. The van der Waals surface area contributed by atoms with Gasteiger partial charge in [-0.3, -0.25) is 14.5 Å². The number of nitrogens with zero attached hydrogens (tertiary/aromatic N) is 2. The molecule has 7 heteroatoms. The molecule has 6 nitrogen and oxygen atoms in total. The molecule has 1 N–H and O–H groups in total. The molecule has 0 saturated carbocycles. The van der Waals surface area contributed by atoms with Crippen LogP contribution < -0.4 is 9.64 Å². The van der Waals surface area contributed by atoms with Crippen molar-refractivity contribution in [3.63, 3.8) is 0 Å². The smallest absolute Gasteiger partial charge is 0.301 e. The van der Waals surface area contributed by atoms with Crippen LogP contribution in [0.3, 0.4) is 0 Å². The van der Waals surface area contributed by atoms with Crippen molar-refractivity contribution in [3.05, 3.63) is 94.6 Å². The number of rotatable bonds is 7. The Morgan fingerprint density at radius 3 is 2.55 bits per heavy atom. The van der Waals surface area contributed by atoms with Crippen LogP contribution in [-0.2, 0) is 9.59 Å². The van der Waals surface area contributed by atoms with Gasteiger partial charge in [-0.15, -0.1) is 0 Å². The maximum Gasteiger partial charge on any atom is 0.301 e. The monoisotopic (exact) mass is 526 g/mol. The van der Waals surface area contributed by atoms with E-state index in [1.54, 1.807) is 24.3 Å². The lowest BCUT2D eigenvalue weighted by atomic mass is 9.95. The maximum absolute atomic E-state index is 13.6. The Morgan fingerprint density at radius 1 is 1.05 bits per heavy atom. The number of aromatic nitrogens is 1. The van der Waals surface area contributed by atoms with Crippen molar-refractivity contribution in [1.29, 1.82) is 0 Å². The topological polar surface area (TPSA) is 79.7 Å². The van der Waals surface area contributed by atoms with Gasteiger partial charge >= 0.3 is 5.91 Å². The van der Waals surface area contributed by atoms with Crippen LogP contribution in [0, 0.1) is 19.8 Å². The zero-order chi connectivity index (χ0) is 27.0. The number of ketones is 1. The molecule has 0 aliphatic carbocycles. The first-order chi connectivity index (χ1) is 18.2. The molecule has 1 aliphatic heterocycles. The van der Waals surface area contributed by atoms with Gasteiger partial charge in [-0.2, -0.15) is 0 Å². The van der Waals surface area contributed by atoms with Crippen molar-refractivity contribution in [2.24, 2.45) is 5.92 Å². The Balaban J connectivity index is 1.67. The van der Waals surface area contributed by atoms with Crippen LogP contribution in [0.25, 0.3) is 16.0 Å². The quantitative estimate of drug-likeness (QED) is 0.160. The van der Waals surface area contributed by atoms with Crippen LogP contribution in [0.15, 0.2) is 72.3 Å². The number of Topliss-reactive ketones (excluding diaryl/α,β-unsaturated/α-hetero) is 1. The summed E-state index contributed by atoms with van der Waals surface area (Å²) in [7, 11) is 0. The zero-order valence-electron chi connectivity index (χ0n) is 21.9. The molecule has 3 aromatic carbocycles. The third kappa shape index (κ3) is 4.82. The van der Waals surface area contributed by atoms with Gasteiger partial charge in [0.15, 0.2) is 5.13 Å². The number of fused-ring (bicyclic) bond motifs is 1. The average molecular weight is 527 g/mol. The molecule has 1 fully saturated rings. The number of aliphatic hydroxyl groups excluding tert-OH is 1. The minimum atomic E-state index is -0.856. The number of hydrogen-bond donors (Lipinski definition) is 1. The molecule has 0 spiro atoms. The largest absolute Gasteiger partial charge is 0.507 e. The first kappa shape index (κ1) is 25.7. The second kappa shape index (κ2) is 10.4. The molecule has 1 saturated heterocycles. The Bertz CT molecular complexity index is 1550. The molecule has 0 bridgehead atoms. The lowest BCUT2D eigenvalue weighted by Crippen LogP contribution is -2.29. The van der Waals surface area contributed by atoms with Gasteiger partial charge in [0.2, 0.25) is 0 Å². The van der Waals surface area contributed by atoms with E-state index in [9.17, 15) is 14.7 Å². The number of aryl methyl sites for hydroxylation is 2. The normalized spacial score (nSPS) is 17.1. The molecular weight excluding hydrogens is 496 g/mol. The number of ether oxygens (including phenoxy) is 1. The Labute approximate surface area is 226 Å². The predicted molar refractivity (Wildman–Crippen MR) is 152 cm³/mol. The van der Waals surface area contributed by atoms with E-state index in [2.05, 4.69) is 13.8 Å². The second-order valence-corrected chi connectivity index (χ2v) is 11.1. The van der Waals surface area contributed by atoms with Crippen molar-refractivity contribution in [2.45, 2.75) is 40.2 Å². The van der Waals surface area contributed by atoms with E-state index in [0.29, 0.717) is 34.5 Å². The van der Waals surface area contributed by atoms with Crippen molar-refractivity contribution in [2.75, 3.05) is 11.5 Å². The Morgan fingerprint density at radius 2 is 1.82 bits per heavy atom. The van der Waals surface area contributed by atoms with E-state index < -0.39 is 17.7 Å². The van der Waals surface area contributed by atoms with Crippen molar-refractivity contribution in [3.8, 4) is 5.75 Å². The van der Waals surface area contributed by atoms with E-state index >= 15 is 0 Å². The second-order valence-electron chi connectivity index (χ2n) is 10.1. The van der Waals surface area contributed by atoms with Crippen molar-refractivity contribution < 1.29 is 19.4 Å². The van der Waals surface area contributed by atoms with E-state index in [4.69, 9.17) is 9.72 Å². The number of carbonyl (C=O) groups is 2. The third-order valence-electron chi connectivity index (χ3n) is 6.65. The molecule has 4 aromatic rings. The van der Waals surface area contributed by atoms with Gasteiger partial charge in [0, 0.05) is 5.56 Å². The van der Waals surface area contributed by atoms with Gasteiger partial charge in [-0.1, -0.05) is 73.7 Å². The summed E-state index contributed by atoms with van der Waals surface area (Å²) in [6.07, 6.45) is 0.904. The first-order valence-electron chi connectivity index (χ1n) is 12.7. The molecule has 38 heavy (non-hydrogen) atoms. The Kier molecular flexibility index (Phi) is 7.04. The minimum absolute atomic E-state index is 0.0349. The SMILES string of the molecule is Cc1cc(C)c2nc(N3C(=O)C(=O)/C(=C(/O)c4ccccc4)C3c3cccc(OCCC(C)C)c3)sc2c1. The van der Waals surface area contributed by atoms with E-state index in [0.717, 1.165) is 27.8 Å². The van der Waals surface area contributed by atoms with Gasteiger partial charge in [0.05, 0.1) is 28.4 Å². The summed E-state index contributed by atoms with van der Waals surface area (Å²) in [4.78, 5) is 33.3. The van der Waals surface area contributed by atoms with E-state index in [1.165, 1.54) is 16.2 Å². The Hall–Kier alpha value is -3.97. The van der Waals surface area contributed by atoms with Gasteiger partial charge in [0.1, 0.15) is 11.5 Å². The summed E-state index contributed by atoms with van der Waals surface area (Å²) in [6.45, 7) is 8.83. The lowest BCUT2D eigenvalue weighted by molar-refractivity contribution is -0.132. The molecule has 1 unspecified atom stereocenters. The van der Waals surface area contributed by atoms with Crippen molar-refractivity contribution in [1.82, 2.24) is 4.98 Å². The van der Waals surface area contributed by atoms with Crippen LogP contribution in [0.2, 0.25) is 0 Å². The highest BCUT2D eigenvalue weighted by Crippen LogP contribution is 2.45. The lowest BCUT2D eigenvalue weighted by Gasteiger charge is -2.23. The molecule has 1 aromatic heterocycles. The number of benzene rings is 3. The fourth-order valence-electron chi connectivity index (χ4n) is 4.75. The summed E-state index contributed by atoms with van der Waals surface area (Å²) >= 11 is 1.36. The van der Waals surface area contributed by atoms with Gasteiger partial charge in [0.25, 0.3) is 5.78 Å². The minimum Gasteiger partial charge on any atom is -0.507 e. The highest BCUT2D eigenvalue weighted by molar-refractivity contribution is 7.22. The number of amides is 1. The molecule has 0 radical (unpaired) electrons. The van der Waals surface area contributed by atoms with Gasteiger partial charge in [-0.05, 0) is 61.1 Å². The average Bonchev–Trinajstić information content (AvgIpc) is 3.42. The highest BCUT2D eigenvalue weighted by atomic mass is 32.1. The van der Waals surface area contributed by atoms with Crippen molar-refractivity contribution >= 4 is 44.1 Å². The molecule has 5 rings (SSSR count).